The average molecular weight is 260 g/mol. The van der Waals surface area contributed by atoms with Crippen LogP contribution in [0.2, 0.25) is 5.02 Å². The van der Waals surface area contributed by atoms with Crippen molar-refractivity contribution in [2.45, 2.75) is 6.92 Å². The summed E-state index contributed by atoms with van der Waals surface area (Å²) in [4.78, 5) is 21.5. The lowest BCUT2D eigenvalue weighted by Gasteiger charge is -2.06. The van der Waals surface area contributed by atoms with Crippen LogP contribution < -0.4 is 4.74 Å². The lowest BCUT2D eigenvalue weighted by Crippen LogP contribution is -2.06. The molecule has 0 aliphatic heterocycles. The van der Waals surface area contributed by atoms with Gasteiger partial charge in [-0.3, -0.25) is 10.1 Å². The molecule has 0 N–H and O–H groups in total. The van der Waals surface area contributed by atoms with Crippen LogP contribution in [-0.4, -0.2) is 24.6 Å². The van der Waals surface area contributed by atoms with Gasteiger partial charge < -0.3 is 9.47 Å². The van der Waals surface area contributed by atoms with Crippen LogP contribution in [0.4, 0.5) is 5.69 Å². The number of nitrogens with zero attached hydrogens (tertiary/aromatic N) is 1. The Morgan fingerprint density at radius 3 is 2.65 bits per heavy atom. The van der Waals surface area contributed by atoms with E-state index in [1.165, 1.54) is 13.2 Å². The topological polar surface area (TPSA) is 78.7 Å². The van der Waals surface area contributed by atoms with E-state index in [1.54, 1.807) is 6.92 Å². The van der Waals surface area contributed by atoms with E-state index in [0.717, 1.165) is 6.07 Å². The molecule has 7 heteroatoms. The van der Waals surface area contributed by atoms with Crippen molar-refractivity contribution in [3.05, 3.63) is 32.8 Å². The van der Waals surface area contributed by atoms with Crippen molar-refractivity contribution in [2.24, 2.45) is 0 Å². The Morgan fingerprint density at radius 2 is 2.18 bits per heavy atom. The molecule has 0 saturated carbocycles. The summed E-state index contributed by atoms with van der Waals surface area (Å²) in [6.45, 7) is 1.82. The molecule has 1 aromatic carbocycles. The summed E-state index contributed by atoms with van der Waals surface area (Å²) in [7, 11) is 1.31. The highest BCUT2D eigenvalue weighted by atomic mass is 35.5. The zero-order valence-electron chi connectivity index (χ0n) is 9.23. The number of ether oxygens (including phenoxy) is 2. The van der Waals surface area contributed by atoms with Gasteiger partial charge in [-0.15, -0.1) is 0 Å². The van der Waals surface area contributed by atoms with E-state index in [0.29, 0.717) is 0 Å². The van der Waals surface area contributed by atoms with Gasteiger partial charge in [0.25, 0.3) is 5.69 Å². The van der Waals surface area contributed by atoms with E-state index in [-0.39, 0.29) is 22.9 Å². The van der Waals surface area contributed by atoms with Gasteiger partial charge in [-0.2, -0.15) is 0 Å². The molecule has 0 aromatic heterocycles. The van der Waals surface area contributed by atoms with E-state index in [2.05, 4.69) is 0 Å². The van der Waals surface area contributed by atoms with Crippen molar-refractivity contribution in [3.63, 3.8) is 0 Å². The molecule has 6 nitrogen and oxygen atoms in total. The SMILES string of the molecule is CCOC(=O)c1cc(OC)c(Cl)c([N+](=O)[O-])c1. The predicted molar refractivity (Wildman–Crippen MR) is 60.6 cm³/mol. The summed E-state index contributed by atoms with van der Waals surface area (Å²) in [6.07, 6.45) is 0. The van der Waals surface area contributed by atoms with Gasteiger partial charge in [0.15, 0.2) is 5.02 Å². The van der Waals surface area contributed by atoms with Crippen LogP contribution >= 0.6 is 11.6 Å². The lowest BCUT2D eigenvalue weighted by molar-refractivity contribution is -0.384. The Morgan fingerprint density at radius 1 is 1.53 bits per heavy atom. The van der Waals surface area contributed by atoms with Gasteiger partial charge in [0.2, 0.25) is 0 Å². The molecule has 1 rings (SSSR count). The van der Waals surface area contributed by atoms with Crippen molar-refractivity contribution >= 4 is 23.3 Å². The van der Waals surface area contributed by atoms with E-state index < -0.39 is 16.6 Å². The van der Waals surface area contributed by atoms with Gasteiger partial charge in [0.1, 0.15) is 5.75 Å². The molecule has 0 bridgehead atoms. The monoisotopic (exact) mass is 259 g/mol. The largest absolute Gasteiger partial charge is 0.495 e. The molecule has 0 heterocycles. The first-order valence-electron chi connectivity index (χ1n) is 4.70. The molecule has 0 unspecified atom stereocenters. The molecule has 0 amide bonds. The fourth-order valence-corrected chi connectivity index (χ4v) is 1.45. The highest BCUT2D eigenvalue weighted by molar-refractivity contribution is 6.34. The molecule has 0 radical (unpaired) electrons. The Balaban J connectivity index is 3.29. The van der Waals surface area contributed by atoms with Crippen LogP contribution in [0, 0.1) is 10.1 Å². The number of rotatable bonds is 4. The first kappa shape index (κ1) is 13.2. The maximum atomic E-state index is 11.5. The highest BCUT2D eigenvalue weighted by Gasteiger charge is 2.21. The number of halogens is 1. The zero-order valence-corrected chi connectivity index (χ0v) is 9.98. The Kier molecular flexibility index (Phi) is 4.28. The minimum atomic E-state index is -0.687. The first-order chi connectivity index (χ1) is 8.01. The number of nitro groups is 1. The zero-order chi connectivity index (χ0) is 13.0. The molecule has 0 aliphatic rings. The second-order valence-electron chi connectivity index (χ2n) is 2.99. The summed E-state index contributed by atoms with van der Waals surface area (Å²) < 4.78 is 9.60. The third-order valence-electron chi connectivity index (χ3n) is 1.95. The summed E-state index contributed by atoms with van der Waals surface area (Å²) >= 11 is 5.74. The number of benzene rings is 1. The van der Waals surface area contributed by atoms with Crippen LogP contribution in [-0.2, 0) is 4.74 Å². The second kappa shape index (κ2) is 5.49. The number of hydrogen-bond donors (Lipinski definition) is 0. The van der Waals surface area contributed by atoms with Gasteiger partial charge in [-0.05, 0) is 13.0 Å². The number of methoxy groups -OCH3 is 1. The summed E-state index contributed by atoms with van der Waals surface area (Å²) in [5.74, 6) is -0.602. The summed E-state index contributed by atoms with van der Waals surface area (Å²) in [6, 6.07) is 2.36. The van der Waals surface area contributed by atoms with Crippen LogP contribution in [0.5, 0.6) is 5.75 Å². The maximum Gasteiger partial charge on any atom is 0.338 e. The molecule has 0 spiro atoms. The van der Waals surface area contributed by atoms with Crippen molar-refractivity contribution in [1.82, 2.24) is 0 Å². The molecular weight excluding hydrogens is 250 g/mol. The third-order valence-corrected chi connectivity index (χ3v) is 2.33. The van der Waals surface area contributed by atoms with Crippen LogP contribution in [0.3, 0.4) is 0 Å². The minimum Gasteiger partial charge on any atom is -0.495 e. The molecule has 0 fully saturated rings. The minimum absolute atomic E-state index is 0.0276. The molecular formula is C10H10ClNO5. The normalized spacial score (nSPS) is 9.82. The van der Waals surface area contributed by atoms with Gasteiger partial charge in [0, 0.05) is 6.07 Å². The Bertz CT molecular complexity index is 460. The molecule has 92 valence electrons. The second-order valence-corrected chi connectivity index (χ2v) is 3.37. The molecule has 17 heavy (non-hydrogen) atoms. The summed E-state index contributed by atoms with van der Waals surface area (Å²) in [5, 5.41) is 10.6. The van der Waals surface area contributed by atoms with Gasteiger partial charge in [0.05, 0.1) is 24.2 Å². The lowest BCUT2D eigenvalue weighted by atomic mass is 10.2. The fourth-order valence-electron chi connectivity index (χ4n) is 1.20. The first-order valence-corrected chi connectivity index (χ1v) is 5.08. The van der Waals surface area contributed by atoms with Crippen LogP contribution in [0.15, 0.2) is 12.1 Å². The maximum absolute atomic E-state index is 11.5. The Labute approximate surface area is 102 Å². The number of hydrogen-bond acceptors (Lipinski definition) is 5. The fraction of sp³-hybridized carbons (Fsp3) is 0.300. The highest BCUT2D eigenvalue weighted by Crippen LogP contribution is 2.35. The Hall–Kier alpha value is -1.82. The quantitative estimate of drug-likeness (QED) is 0.471. The van der Waals surface area contributed by atoms with E-state index in [9.17, 15) is 14.9 Å². The molecule has 1 aromatic rings. The molecule has 0 aliphatic carbocycles. The predicted octanol–water partition coefficient (Wildman–Crippen LogP) is 2.43. The van der Waals surface area contributed by atoms with E-state index in [1.807, 2.05) is 0 Å². The summed E-state index contributed by atoms with van der Waals surface area (Å²) in [5.41, 5.74) is -0.367. The third kappa shape index (κ3) is 2.85. The van der Waals surface area contributed by atoms with E-state index in [4.69, 9.17) is 21.1 Å². The molecule has 0 atom stereocenters. The smallest absolute Gasteiger partial charge is 0.338 e. The number of esters is 1. The van der Waals surface area contributed by atoms with E-state index >= 15 is 0 Å². The van der Waals surface area contributed by atoms with Gasteiger partial charge in [-0.25, -0.2) is 4.79 Å². The van der Waals surface area contributed by atoms with Crippen LogP contribution in [0.1, 0.15) is 17.3 Å². The van der Waals surface area contributed by atoms with Crippen molar-refractivity contribution in [2.75, 3.05) is 13.7 Å². The van der Waals surface area contributed by atoms with Crippen LogP contribution in [0.25, 0.3) is 0 Å². The number of carbonyl (C=O) groups is 1. The number of nitro benzene ring substituents is 1. The standard InChI is InChI=1S/C10H10ClNO5/c1-3-17-10(13)6-4-7(12(14)15)9(11)8(5-6)16-2/h4-5H,3H2,1-2H3. The van der Waals surface area contributed by atoms with Gasteiger partial charge in [-0.1, -0.05) is 11.6 Å². The number of carbonyl (C=O) groups excluding carboxylic acids is 1. The van der Waals surface area contributed by atoms with Crippen molar-refractivity contribution < 1.29 is 19.2 Å². The van der Waals surface area contributed by atoms with Gasteiger partial charge >= 0.3 is 5.97 Å². The average Bonchev–Trinajstić information content (AvgIpc) is 2.29. The van der Waals surface area contributed by atoms with Crippen molar-refractivity contribution in [1.29, 1.82) is 0 Å². The molecule has 0 saturated heterocycles. The van der Waals surface area contributed by atoms with Crippen molar-refractivity contribution in [3.8, 4) is 5.75 Å².